The lowest BCUT2D eigenvalue weighted by molar-refractivity contribution is 0.385. The van der Waals surface area contributed by atoms with E-state index in [9.17, 15) is 0 Å². The largest absolute Gasteiger partial charge is 0.309 e. The van der Waals surface area contributed by atoms with E-state index in [-0.39, 0.29) is 0 Å². The average Bonchev–Trinajstić information content (AvgIpc) is 2.84. The highest BCUT2D eigenvalue weighted by Gasteiger charge is 2.37. The van der Waals surface area contributed by atoms with Crippen molar-refractivity contribution in [1.29, 1.82) is 0 Å². The third-order valence-electron chi connectivity index (χ3n) is 2.75. The van der Waals surface area contributed by atoms with Gasteiger partial charge in [-0.25, -0.2) is 0 Å². The van der Waals surface area contributed by atoms with Crippen molar-refractivity contribution < 1.29 is 0 Å². The fourth-order valence-electron chi connectivity index (χ4n) is 2.03. The van der Waals surface area contributed by atoms with E-state index in [4.69, 9.17) is 0 Å². The van der Waals surface area contributed by atoms with Crippen LogP contribution in [-0.4, -0.2) is 25.5 Å². The Hall–Kier alpha value is -0.820. The summed E-state index contributed by atoms with van der Waals surface area (Å²) in [6, 6.07) is 10.9. The predicted octanol–water partition coefficient (Wildman–Crippen LogP) is 2.35. The molecule has 0 saturated heterocycles. The first-order valence-corrected chi connectivity index (χ1v) is 4.97. The van der Waals surface area contributed by atoms with Crippen molar-refractivity contribution in [2.75, 3.05) is 20.6 Å². The first-order valence-electron chi connectivity index (χ1n) is 4.97. The van der Waals surface area contributed by atoms with Crippen molar-refractivity contribution in [2.45, 2.75) is 12.3 Å². The summed E-state index contributed by atoms with van der Waals surface area (Å²) in [5.41, 5.74) is 1.52. The Morgan fingerprint density at radius 3 is 2.54 bits per heavy atom. The predicted molar refractivity (Wildman–Crippen MR) is 55.8 cm³/mol. The summed E-state index contributed by atoms with van der Waals surface area (Å²) in [5, 5.41) is 0. The van der Waals surface area contributed by atoms with Crippen molar-refractivity contribution in [1.82, 2.24) is 4.90 Å². The molecule has 2 atom stereocenters. The first-order chi connectivity index (χ1) is 6.27. The molecule has 1 nitrogen and oxygen atoms in total. The minimum Gasteiger partial charge on any atom is -0.309 e. The van der Waals surface area contributed by atoms with Crippen molar-refractivity contribution in [2.24, 2.45) is 5.92 Å². The van der Waals surface area contributed by atoms with E-state index < -0.39 is 0 Å². The molecule has 0 N–H and O–H groups in total. The van der Waals surface area contributed by atoms with E-state index in [2.05, 4.69) is 49.3 Å². The molecule has 0 amide bonds. The number of benzene rings is 1. The van der Waals surface area contributed by atoms with Crippen molar-refractivity contribution in [3.05, 3.63) is 35.9 Å². The summed E-state index contributed by atoms with van der Waals surface area (Å²) in [7, 11) is 4.31. The molecule has 1 aromatic rings. The highest BCUT2D eigenvalue weighted by atomic mass is 15.1. The summed E-state index contributed by atoms with van der Waals surface area (Å²) in [4.78, 5) is 2.29. The Kier molecular flexibility index (Phi) is 2.36. The van der Waals surface area contributed by atoms with Gasteiger partial charge < -0.3 is 4.90 Å². The van der Waals surface area contributed by atoms with Crippen LogP contribution in [0.25, 0.3) is 0 Å². The molecule has 0 aliphatic heterocycles. The molecule has 0 heterocycles. The van der Waals surface area contributed by atoms with Gasteiger partial charge in [-0.1, -0.05) is 30.3 Å². The molecule has 0 unspecified atom stereocenters. The molecule has 70 valence electrons. The second kappa shape index (κ2) is 3.51. The maximum Gasteiger partial charge on any atom is 0.000963 e. The molecule has 1 heteroatoms. The standard InChI is InChI=1S/C12H17N/c1-13(2)9-11-8-12(11)10-6-4-3-5-7-10/h3-7,11-12H,8-9H2,1-2H3/t11-,12-/m0/s1. The molecule has 1 aliphatic carbocycles. The van der Waals surface area contributed by atoms with Crippen LogP contribution in [0.4, 0.5) is 0 Å². The van der Waals surface area contributed by atoms with Crippen LogP contribution >= 0.6 is 0 Å². The SMILES string of the molecule is CN(C)C[C@@H]1C[C@H]1c1ccccc1. The van der Waals surface area contributed by atoms with Gasteiger partial charge in [0, 0.05) is 6.54 Å². The molecular formula is C12H17N. The second-order valence-electron chi connectivity index (χ2n) is 4.28. The van der Waals surface area contributed by atoms with Gasteiger partial charge in [0.05, 0.1) is 0 Å². The zero-order valence-electron chi connectivity index (χ0n) is 8.40. The third-order valence-corrected chi connectivity index (χ3v) is 2.75. The normalized spacial score (nSPS) is 26.4. The summed E-state index contributed by atoms with van der Waals surface area (Å²) >= 11 is 0. The zero-order chi connectivity index (χ0) is 9.26. The molecule has 0 radical (unpaired) electrons. The highest BCUT2D eigenvalue weighted by Crippen LogP contribution is 2.47. The summed E-state index contributed by atoms with van der Waals surface area (Å²) in [6.07, 6.45) is 1.38. The molecule has 1 fully saturated rings. The van der Waals surface area contributed by atoms with Crippen LogP contribution in [0.2, 0.25) is 0 Å². The van der Waals surface area contributed by atoms with Crippen LogP contribution < -0.4 is 0 Å². The van der Waals surface area contributed by atoms with E-state index >= 15 is 0 Å². The summed E-state index contributed by atoms with van der Waals surface area (Å²) < 4.78 is 0. The van der Waals surface area contributed by atoms with Gasteiger partial charge in [0.1, 0.15) is 0 Å². The molecule has 1 aliphatic rings. The van der Waals surface area contributed by atoms with E-state index in [1.807, 2.05) is 0 Å². The topological polar surface area (TPSA) is 3.24 Å². The minimum absolute atomic E-state index is 0.837. The van der Waals surface area contributed by atoms with Crippen LogP contribution in [0.3, 0.4) is 0 Å². The summed E-state index contributed by atoms with van der Waals surface area (Å²) in [6.45, 7) is 1.24. The third kappa shape index (κ3) is 2.10. The average molecular weight is 175 g/mol. The fraction of sp³-hybridized carbons (Fsp3) is 0.500. The molecule has 1 saturated carbocycles. The van der Waals surface area contributed by atoms with E-state index in [1.165, 1.54) is 18.5 Å². The molecule has 2 rings (SSSR count). The van der Waals surface area contributed by atoms with Crippen LogP contribution in [-0.2, 0) is 0 Å². The maximum atomic E-state index is 2.29. The molecule has 0 spiro atoms. The van der Waals surface area contributed by atoms with Crippen LogP contribution in [0.5, 0.6) is 0 Å². The van der Waals surface area contributed by atoms with E-state index in [0.717, 1.165) is 11.8 Å². The number of hydrogen-bond acceptors (Lipinski definition) is 1. The van der Waals surface area contributed by atoms with Crippen molar-refractivity contribution >= 4 is 0 Å². The van der Waals surface area contributed by atoms with Crippen molar-refractivity contribution in [3.8, 4) is 0 Å². The van der Waals surface area contributed by atoms with Crippen molar-refractivity contribution in [3.63, 3.8) is 0 Å². The molecule has 1 aromatic carbocycles. The first kappa shape index (κ1) is 8.76. The number of rotatable bonds is 3. The van der Waals surface area contributed by atoms with E-state index in [0.29, 0.717) is 0 Å². The van der Waals surface area contributed by atoms with Crippen LogP contribution in [0.1, 0.15) is 17.9 Å². The summed E-state index contributed by atoms with van der Waals surface area (Å²) in [5.74, 6) is 1.74. The Morgan fingerprint density at radius 1 is 1.23 bits per heavy atom. The fourth-order valence-corrected chi connectivity index (χ4v) is 2.03. The quantitative estimate of drug-likeness (QED) is 0.681. The molecule has 13 heavy (non-hydrogen) atoms. The lowest BCUT2D eigenvalue weighted by Gasteiger charge is -2.08. The zero-order valence-corrected chi connectivity index (χ0v) is 8.40. The van der Waals surface area contributed by atoms with Crippen LogP contribution in [0.15, 0.2) is 30.3 Å². The Labute approximate surface area is 80.4 Å². The smallest absolute Gasteiger partial charge is 0.000963 e. The lowest BCUT2D eigenvalue weighted by Crippen LogP contribution is -2.15. The van der Waals surface area contributed by atoms with Gasteiger partial charge in [-0.3, -0.25) is 0 Å². The Bertz CT molecular complexity index is 266. The van der Waals surface area contributed by atoms with Gasteiger partial charge in [0.2, 0.25) is 0 Å². The van der Waals surface area contributed by atoms with Gasteiger partial charge in [0.15, 0.2) is 0 Å². The van der Waals surface area contributed by atoms with Gasteiger partial charge in [-0.15, -0.1) is 0 Å². The van der Waals surface area contributed by atoms with Gasteiger partial charge >= 0.3 is 0 Å². The molecule has 0 bridgehead atoms. The monoisotopic (exact) mass is 175 g/mol. The van der Waals surface area contributed by atoms with Crippen LogP contribution in [0, 0.1) is 5.92 Å². The molecular weight excluding hydrogens is 158 g/mol. The minimum atomic E-state index is 0.837. The number of nitrogens with zero attached hydrogens (tertiary/aromatic N) is 1. The van der Waals surface area contributed by atoms with E-state index in [1.54, 1.807) is 0 Å². The van der Waals surface area contributed by atoms with Gasteiger partial charge in [-0.05, 0) is 37.9 Å². The Balaban J connectivity index is 1.93. The Morgan fingerprint density at radius 2 is 1.92 bits per heavy atom. The lowest BCUT2D eigenvalue weighted by atomic mass is 10.1. The highest BCUT2D eigenvalue weighted by molar-refractivity contribution is 5.25. The number of hydrogen-bond donors (Lipinski definition) is 0. The van der Waals surface area contributed by atoms with Gasteiger partial charge in [-0.2, -0.15) is 0 Å². The maximum absolute atomic E-state index is 2.29. The van der Waals surface area contributed by atoms with Gasteiger partial charge in [0.25, 0.3) is 0 Å². The molecule has 0 aromatic heterocycles. The second-order valence-corrected chi connectivity index (χ2v) is 4.28.